The highest BCUT2D eigenvalue weighted by Gasteiger charge is 2.24. The third kappa shape index (κ3) is 2.76. The topological polar surface area (TPSA) is 38.7 Å². The minimum Gasteiger partial charge on any atom is -0.402 e. The first kappa shape index (κ1) is 12.6. The van der Waals surface area contributed by atoms with E-state index >= 15 is 0 Å². The second-order valence-corrected chi connectivity index (χ2v) is 6.09. The van der Waals surface area contributed by atoms with Crippen molar-refractivity contribution in [2.75, 3.05) is 0 Å². The molecule has 19 heavy (non-hydrogen) atoms. The lowest BCUT2D eigenvalue weighted by Gasteiger charge is -1.99. The molecule has 0 amide bonds. The quantitative estimate of drug-likeness (QED) is 0.452. The predicted molar refractivity (Wildman–Crippen MR) is 84.1 cm³/mol. The Kier molecular flexibility index (Phi) is 3.48. The number of thiophene rings is 1. The van der Waals surface area contributed by atoms with Gasteiger partial charge in [-0.15, -0.1) is 11.3 Å². The Bertz CT molecular complexity index is 689. The van der Waals surface area contributed by atoms with Gasteiger partial charge in [-0.25, -0.2) is 9.79 Å². The highest BCUT2D eigenvalue weighted by Crippen LogP contribution is 2.21. The Morgan fingerprint density at radius 2 is 2.16 bits per heavy atom. The molecule has 0 saturated carbocycles. The molecule has 0 fully saturated rings. The number of hydrogen-bond donors (Lipinski definition) is 0. The van der Waals surface area contributed by atoms with Gasteiger partial charge in [-0.05, 0) is 58.3 Å². The summed E-state index contributed by atoms with van der Waals surface area (Å²) in [7, 11) is 0. The van der Waals surface area contributed by atoms with Gasteiger partial charge in [0, 0.05) is 14.0 Å². The molecule has 2 heterocycles. The number of rotatable bonds is 2. The summed E-state index contributed by atoms with van der Waals surface area (Å²) in [6.45, 7) is 0. The van der Waals surface area contributed by atoms with Crippen LogP contribution in [0.2, 0.25) is 0 Å². The fourth-order valence-corrected chi connectivity index (χ4v) is 2.86. The van der Waals surface area contributed by atoms with Crippen LogP contribution in [0.4, 0.5) is 0 Å². The van der Waals surface area contributed by atoms with Crippen molar-refractivity contribution in [3.8, 4) is 0 Å². The Morgan fingerprint density at radius 3 is 2.89 bits per heavy atom. The van der Waals surface area contributed by atoms with E-state index in [1.807, 2.05) is 41.8 Å². The van der Waals surface area contributed by atoms with E-state index in [0.29, 0.717) is 11.6 Å². The molecule has 0 aliphatic carbocycles. The number of carbonyl (C=O) groups excluding carboxylic acids is 1. The number of aliphatic imine (C=N–C) groups is 1. The van der Waals surface area contributed by atoms with Crippen molar-refractivity contribution in [3.63, 3.8) is 0 Å². The molecule has 0 bridgehead atoms. The molecule has 0 saturated heterocycles. The van der Waals surface area contributed by atoms with E-state index in [2.05, 4.69) is 27.6 Å². The summed E-state index contributed by atoms with van der Waals surface area (Å²) < 4.78 is 6.28. The minimum absolute atomic E-state index is 0.344. The van der Waals surface area contributed by atoms with Crippen LogP contribution in [-0.2, 0) is 9.53 Å². The highest BCUT2D eigenvalue weighted by molar-refractivity contribution is 14.1. The summed E-state index contributed by atoms with van der Waals surface area (Å²) in [5, 5.41) is 1.96. The SMILES string of the molecule is O=C1OC(c2cccc(I)c2)=N/C1=C\c1cccs1. The van der Waals surface area contributed by atoms with E-state index in [1.165, 1.54) is 0 Å². The maximum Gasteiger partial charge on any atom is 0.363 e. The van der Waals surface area contributed by atoms with E-state index < -0.39 is 5.97 Å². The van der Waals surface area contributed by atoms with Crippen LogP contribution in [-0.4, -0.2) is 11.9 Å². The average Bonchev–Trinajstić information content (AvgIpc) is 3.01. The average molecular weight is 381 g/mol. The maximum absolute atomic E-state index is 11.8. The standard InChI is InChI=1S/C14H8INO2S/c15-10-4-1-3-9(7-10)13-16-12(14(17)18-13)8-11-5-2-6-19-11/h1-8H/b12-8-. The number of benzene rings is 1. The van der Waals surface area contributed by atoms with Gasteiger partial charge in [0.25, 0.3) is 0 Å². The first-order valence-electron chi connectivity index (χ1n) is 5.54. The first-order chi connectivity index (χ1) is 9.22. The number of hydrogen-bond acceptors (Lipinski definition) is 4. The second kappa shape index (κ2) is 5.26. The third-order valence-corrected chi connectivity index (χ3v) is 4.00. The molecule has 1 aromatic heterocycles. The molecule has 1 aliphatic heterocycles. The van der Waals surface area contributed by atoms with Crippen LogP contribution < -0.4 is 0 Å². The Morgan fingerprint density at radius 1 is 1.26 bits per heavy atom. The van der Waals surface area contributed by atoms with Crippen molar-refractivity contribution in [2.45, 2.75) is 0 Å². The normalized spacial score (nSPS) is 16.6. The molecule has 1 aliphatic rings. The van der Waals surface area contributed by atoms with Crippen LogP contribution in [0.1, 0.15) is 10.4 Å². The molecule has 0 spiro atoms. The molecule has 0 unspecified atom stereocenters. The number of nitrogens with zero attached hydrogens (tertiary/aromatic N) is 1. The van der Waals surface area contributed by atoms with Crippen LogP contribution in [0.15, 0.2) is 52.5 Å². The van der Waals surface area contributed by atoms with Crippen LogP contribution in [0, 0.1) is 3.57 Å². The summed E-state index contributed by atoms with van der Waals surface area (Å²) in [6, 6.07) is 11.6. The van der Waals surface area contributed by atoms with Gasteiger partial charge < -0.3 is 4.74 Å². The van der Waals surface area contributed by atoms with Crippen molar-refractivity contribution in [1.29, 1.82) is 0 Å². The minimum atomic E-state index is -0.401. The first-order valence-corrected chi connectivity index (χ1v) is 7.50. The monoisotopic (exact) mass is 381 g/mol. The van der Waals surface area contributed by atoms with E-state index in [9.17, 15) is 4.79 Å². The molecular weight excluding hydrogens is 373 g/mol. The molecule has 0 N–H and O–H groups in total. The number of halogens is 1. The van der Waals surface area contributed by atoms with Crippen LogP contribution in [0.5, 0.6) is 0 Å². The van der Waals surface area contributed by atoms with Crippen LogP contribution in [0.3, 0.4) is 0 Å². The Labute approximate surface area is 127 Å². The summed E-state index contributed by atoms with van der Waals surface area (Å²) in [4.78, 5) is 17.0. The summed E-state index contributed by atoms with van der Waals surface area (Å²) in [6.07, 6.45) is 1.74. The van der Waals surface area contributed by atoms with Crippen molar-refractivity contribution in [2.24, 2.45) is 4.99 Å². The smallest absolute Gasteiger partial charge is 0.363 e. The van der Waals surface area contributed by atoms with Crippen molar-refractivity contribution < 1.29 is 9.53 Å². The van der Waals surface area contributed by atoms with Crippen LogP contribution >= 0.6 is 33.9 Å². The second-order valence-electron chi connectivity index (χ2n) is 3.86. The van der Waals surface area contributed by atoms with Crippen molar-refractivity contribution in [1.82, 2.24) is 0 Å². The lowest BCUT2D eigenvalue weighted by atomic mass is 10.2. The van der Waals surface area contributed by atoms with Gasteiger partial charge in [0.2, 0.25) is 5.90 Å². The number of carbonyl (C=O) groups is 1. The zero-order valence-corrected chi connectivity index (χ0v) is 12.6. The molecule has 0 radical (unpaired) electrons. The van der Waals surface area contributed by atoms with Gasteiger partial charge in [0.1, 0.15) is 0 Å². The Balaban J connectivity index is 1.95. The van der Waals surface area contributed by atoms with E-state index in [0.717, 1.165) is 14.0 Å². The maximum atomic E-state index is 11.8. The fourth-order valence-electron chi connectivity index (χ4n) is 1.66. The zero-order valence-electron chi connectivity index (χ0n) is 9.67. The van der Waals surface area contributed by atoms with Gasteiger partial charge in [0.05, 0.1) is 0 Å². The van der Waals surface area contributed by atoms with Gasteiger partial charge >= 0.3 is 5.97 Å². The lowest BCUT2D eigenvalue weighted by molar-refractivity contribution is -0.129. The summed E-state index contributed by atoms with van der Waals surface area (Å²) in [5.41, 5.74) is 1.16. The molecule has 3 nitrogen and oxygen atoms in total. The van der Waals surface area contributed by atoms with E-state index in [-0.39, 0.29) is 0 Å². The third-order valence-electron chi connectivity index (χ3n) is 2.51. The molecular formula is C14H8INO2S. The molecule has 2 aromatic rings. The number of ether oxygens (including phenoxy) is 1. The van der Waals surface area contributed by atoms with Gasteiger partial charge in [-0.2, -0.15) is 0 Å². The predicted octanol–water partition coefficient (Wildman–Crippen LogP) is 3.70. The fraction of sp³-hybridized carbons (Fsp3) is 0. The lowest BCUT2D eigenvalue weighted by Crippen LogP contribution is -2.05. The molecule has 5 heteroatoms. The highest BCUT2D eigenvalue weighted by atomic mass is 127. The Hall–Kier alpha value is -1.47. The summed E-state index contributed by atoms with van der Waals surface area (Å²) in [5.74, 6) is -0.0337. The largest absolute Gasteiger partial charge is 0.402 e. The molecule has 0 atom stereocenters. The van der Waals surface area contributed by atoms with E-state index in [4.69, 9.17) is 4.74 Å². The molecule has 94 valence electrons. The molecule has 3 rings (SSSR count). The molecule has 1 aromatic carbocycles. The van der Waals surface area contributed by atoms with Gasteiger partial charge in [-0.3, -0.25) is 0 Å². The van der Waals surface area contributed by atoms with Gasteiger partial charge in [0.15, 0.2) is 5.70 Å². The van der Waals surface area contributed by atoms with Crippen molar-refractivity contribution >= 4 is 51.9 Å². The van der Waals surface area contributed by atoms with Crippen molar-refractivity contribution in [3.05, 3.63) is 61.5 Å². The number of esters is 1. The van der Waals surface area contributed by atoms with Gasteiger partial charge in [-0.1, -0.05) is 12.1 Å². The zero-order chi connectivity index (χ0) is 13.2. The number of cyclic esters (lactones) is 1. The summed E-state index contributed by atoms with van der Waals surface area (Å²) >= 11 is 3.77. The van der Waals surface area contributed by atoms with Crippen LogP contribution in [0.25, 0.3) is 6.08 Å². The van der Waals surface area contributed by atoms with E-state index in [1.54, 1.807) is 17.4 Å².